The third-order valence-corrected chi connectivity index (χ3v) is 8.69. The molecule has 2 unspecified atom stereocenters. The summed E-state index contributed by atoms with van der Waals surface area (Å²) in [5.74, 6) is 0.538. The molecular weight excluding hydrogens is 418 g/mol. The topological polar surface area (TPSA) is 55.2 Å². The van der Waals surface area contributed by atoms with E-state index >= 15 is 0 Å². The fourth-order valence-electron chi connectivity index (χ4n) is 5.21. The quantitative estimate of drug-likeness (QED) is 0.551. The molecule has 1 aliphatic heterocycles. The van der Waals surface area contributed by atoms with Crippen LogP contribution in [0.5, 0.6) is 0 Å². The number of benzene rings is 2. The van der Waals surface area contributed by atoms with Crippen molar-refractivity contribution in [3.05, 3.63) is 83.3 Å². The summed E-state index contributed by atoms with van der Waals surface area (Å²) in [6.45, 7) is 2.40. The van der Waals surface area contributed by atoms with E-state index in [-0.39, 0.29) is 10.8 Å². The van der Waals surface area contributed by atoms with E-state index in [1.165, 1.54) is 48.9 Å². The van der Waals surface area contributed by atoms with Gasteiger partial charge in [-0.25, -0.2) is 13.4 Å². The molecule has 5 nitrogen and oxygen atoms in total. The number of likely N-dealkylation sites (tertiary alicyclic amines) is 1. The van der Waals surface area contributed by atoms with E-state index in [0.717, 1.165) is 18.4 Å². The highest BCUT2D eigenvalue weighted by Gasteiger charge is 2.35. The maximum Gasteiger partial charge on any atom is 0.197 e. The summed E-state index contributed by atoms with van der Waals surface area (Å²) in [6.07, 6.45) is 8.27. The minimum absolute atomic E-state index is 0.0850. The third-order valence-electron chi connectivity index (χ3n) is 7.10. The van der Waals surface area contributed by atoms with Gasteiger partial charge in [-0.05, 0) is 67.4 Å². The Bertz CT molecular complexity index is 1180. The Labute approximate surface area is 191 Å². The van der Waals surface area contributed by atoms with E-state index in [1.54, 1.807) is 17.8 Å². The number of sulfone groups is 1. The van der Waals surface area contributed by atoms with E-state index in [1.807, 2.05) is 0 Å². The highest BCUT2D eigenvalue weighted by Crippen LogP contribution is 2.39. The van der Waals surface area contributed by atoms with Crippen LogP contribution in [-0.4, -0.2) is 47.8 Å². The van der Waals surface area contributed by atoms with Crippen molar-refractivity contribution in [1.29, 1.82) is 0 Å². The molecule has 3 aromatic rings. The molecule has 5 rings (SSSR count). The van der Waals surface area contributed by atoms with Gasteiger partial charge in [-0.1, -0.05) is 48.5 Å². The fourth-order valence-corrected chi connectivity index (χ4v) is 6.46. The summed E-state index contributed by atoms with van der Waals surface area (Å²) in [7, 11) is -1.59. The Morgan fingerprint density at radius 1 is 1.06 bits per heavy atom. The van der Waals surface area contributed by atoms with Crippen molar-refractivity contribution >= 4 is 9.84 Å². The van der Waals surface area contributed by atoms with E-state index < -0.39 is 9.84 Å². The molecule has 0 N–H and O–H groups in total. The highest BCUT2D eigenvalue weighted by molar-refractivity contribution is 7.91. The monoisotopic (exact) mass is 449 g/mol. The Morgan fingerprint density at radius 3 is 2.56 bits per heavy atom. The fraction of sp³-hybridized carbons (Fsp3) is 0.423. The summed E-state index contributed by atoms with van der Waals surface area (Å²) in [5.41, 5.74) is 5.33. The molecule has 0 radical (unpaired) electrons. The first-order valence-electron chi connectivity index (χ1n) is 11.6. The lowest BCUT2D eigenvalue weighted by molar-refractivity contribution is 0.0877. The van der Waals surface area contributed by atoms with Crippen LogP contribution < -0.4 is 0 Å². The zero-order chi connectivity index (χ0) is 22.1. The lowest BCUT2D eigenvalue weighted by atomic mass is 9.74. The number of aromatic nitrogens is 2. The van der Waals surface area contributed by atoms with Crippen molar-refractivity contribution in [3.8, 4) is 0 Å². The van der Waals surface area contributed by atoms with Gasteiger partial charge < -0.3 is 4.57 Å². The van der Waals surface area contributed by atoms with Gasteiger partial charge >= 0.3 is 0 Å². The number of nitrogens with zero attached hydrogens (tertiary/aromatic N) is 3. The van der Waals surface area contributed by atoms with Crippen LogP contribution in [0, 0.1) is 0 Å². The molecule has 2 atom stereocenters. The van der Waals surface area contributed by atoms with Crippen molar-refractivity contribution in [2.45, 2.75) is 49.1 Å². The minimum atomic E-state index is -3.38. The molecule has 2 heterocycles. The molecule has 0 bridgehead atoms. The summed E-state index contributed by atoms with van der Waals surface area (Å²) >= 11 is 0. The van der Waals surface area contributed by atoms with Gasteiger partial charge in [-0.3, -0.25) is 4.90 Å². The molecule has 168 valence electrons. The first-order chi connectivity index (χ1) is 15.5. The van der Waals surface area contributed by atoms with Gasteiger partial charge in [0.05, 0.1) is 12.1 Å². The van der Waals surface area contributed by atoms with Crippen LogP contribution in [0.2, 0.25) is 0 Å². The first kappa shape index (κ1) is 21.4. The van der Waals surface area contributed by atoms with E-state index in [4.69, 9.17) is 0 Å². The molecule has 32 heavy (non-hydrogen) atoms. The molecule has 1 fully saturated rings. The molecule has 1 aliphatic carbocycles. The van der Waals surface area contributed by atoms with Gasteiger partial charge in [0.25, 0.3) is 0 Å². The van der Waals surface area contributed by atoms with E-state index in [0.29, 0.717) is 18.4 Å². The summed E-state index contributed by atoms with van der Waals surface area (Å²) < 4.78 is 27.1. The van der Waals surface area contributed by atoms with Crippen LogP contribution in [-0.2, 0) is 36.1 Å². The predicted octanol–water partition coefficient (Wildman–Crippen LogP) is 3.78. The second-order valence-electron chi connectivity index (χ2n) is 9.27. The van der Waals surface area contributed by atoms with Crippen molar-refractivity contribution in [3.63, 3.8) is 0 Å². The lowest BCUT2D eigenvalue weighted by Gasteiger charge is -2.45. The Kier molecular flexibility index (Phi) is 5.91. The standard InChI is InChI=1S/C26H31N3O2S/c1-28-18-26(27-19-28)32(30,31)15-12-21-8-9-22-10-11-25(29-13-5-14-29)24(23(22)16-21)17-20-6-3-2-4-7-20/h2-4,6-9,16,18-19,24-25H,5,10-15,17H2,1H3. The second kappa shape index (κ2) is 8.83. The molecule has 0 amide bonds. The predicted molar refractivity (Wildman–Crippen MR) is 127 cm³/mol. The maximum atomic E-state index is 12.7. The number of rotatable bonds is 7. The Balaban J connectivity index is 1.40. The second-order valence-corrected chi connectivity index (χ2v) is 11.3. The van der Waals surface area contributed by atoms with Crippen LogP contribution in [0.3, 0.4) is 0 Å². The SMILES string of the molecule is Cn1cnc(S(=O)(=O)CCc2ccc3c(c2)C(Cc2ccccc2)C(N2CCC2)CC3)c1. The molecule has 2 aliphatic rings. The average Bonchev–Trinajstić information content (AvgIpc) is 3.21. The number of hydrogen-bond donors (Lipinski definition) is 0. The normalized spacial score (nSPS) is 21.2. The maximum absolute atomic E-state index is 12.7. The van der Waals surface area contributed by atoms with E-state index in [2.05, 4.69) is 58.4 Å². The first-order valence-corrected chi connectivity index (χ1v) is 13.3. The van der Waals surface area contributed by atoms with Crippen LogP contribution in [0.1, 0.15) is 41.0 Å². The zero-order valence-electron chi connectivity index (χ0n) is 18.7. The smallest absolute Gasteiger partial charge is 0.197 e. The number of aryl methyl sites for hydroxylation is 3. The molecular formula is C26H31N3O2S. The van der Waals surface area contributed by atoms with Gasteiger partial charge in [0.2, 0.25) is 0 Å². The molecule has 1 saturated heterocycles. The average molecular weight is 450 g/mol. The van der Waals surface area contributed by atoms with Gasteiger partial charge in [0, 0.05) is 25.2 Å². The molecule has 2 aromatic carbocycles. The number of fused-ring (bicyclic) bond motifs is 1. The minimum Gasteiger partial charge on any atom is -0.339 e. The summed E-state index contributed by atoms with van der Waals surface area (Å²) in [4.78, 5) is 6.69. The van der Waals surface area contributed by atoms with Crippen LogP contribution >= 0.6 is 0 Å². The largest absolute Gasteiger partial charge is 0.339 e. The van der Waals surface area contributed by atoms with Crippen molar-refractivity contribution in [2.24, 2.45) is 7.05 Å². The van der Waals surface area contributed by atoms with Gasteiger partial charge in [0.15, 0.2) is 14.9 Å². The van der Waals surface area contributed by atoms with Crippen LogP contribution in [0.15, 0.2) is 66.1 Å². The molecule has 0 saturated carbocycles. The molecule has 1 aromatic heterocycles. The third kappa shape index (κ3) is 4.39. The van der Waals surface area contributed by atoms with Gasteiger partial charge in [-0.15, -0.1) is 0 Å². The van der Waals surface area contributed by atoms with Gasteiger partial charge in [0.1, 0.15) is 0 Å². The number of imidazole rings is 1. The molecule has 0 spiro atoms. The lowest BCUT2D eigenvalue weighted by Crippen LogP contribution is -2.49. The van der Waals surface area contributed by atoms with Crippen LogP contribution in [0.4, 0.5) is 0 Å². The van der Waals surface area contributed by atoms with Crippen molar-refractivity contribution in [1.82, 2.24) is 14.5 Å². The Morgan fingerprint density at radius 2 is 1.88 bits per heavy atom. The van der Waals surface area contributed by atoms with E-state index in [9.17, 15) is 8.42 Å². The van der Waals surface area contributed by atoms with Crippen LogP contribution in [0.25, 0.3) is 0 Å². The molecule has 6 heteroatoms. The van der Waals surface area contributed by atoms with Crippen molar-refractivity contribution < 1.29 is 8.42 Å². The van der Waals surface area contributed by atoms with Gasteiger partial charge in [-0.2, -0.15) is 0 Å². The summed E-state index contributed by atoms with van der Waals surface area (Å²) in [6, 6.07) is 18.0. The highest BCUT2D eigenvalue weighted by atomic mass is 32.2. The van der Waals surface area contributed by atoms with Crippen molar-refractivity contribution in [2.75, 3.05) is 18.8 Å². The Hall–Kier alpha value is -2.44. The zero-order valence-corrected chi connectivity index (χ0v) is 19.5. The number of hydrogen-bond acceptors (Lipinski definition) is 4. The summed E-state index contributed by atoms with van der Waals surface area (Å²) in [5, 5.41) is 0.165.